The van der Waals surface area contributed by atoms with Crippen LogP contribution >= 0.6 is 0 Å². The molecule has 0 radical (unpaired) electrons. The molecule has 28 heavy (non-hydrogen) atoms. The largest absolute Gasteiger partial charge is 0.466 e. The topological polar surface area (TPSA) is 103 Å². The Bertz CT molecular complexity index is 893. The maximum absolute atomic E-state index is 12.2. The minimum Gasteiger partial charge on any atom is -0.466 e. The monoisotopic (exact) mass is 389 g/mol. The van der Waals surface area contributed by atoms with E-state index in [9.17, 15) is 14.4 Å². The highest BCUT2D eigenvalue weighted by Crippen LogP contribution is 2.29. The van der Waals surface area contributed by atoms with Gasteiger partial charge in [0, 0.05) is 24.8 Å². The number of carbonyl (C=O) groups is 2. The summed E-state index contributed by atoms with van der Waals surface area (Å²) in [5.74, 6) is -0.166. The van der Waals surface area contributed by atoms with E-state index in [0.717, 1.165) is 25.7 Å². The fourth-order valence-corrected chi connectivity index (χ4v) is 3.72. The number of aromatic nitrogens is 1. The van der Waals surface area contributed by atoms with Crippen LogP contribution in [0.15, 0.2) is 27.4 Å². The van der Waals surface area contributed by atoms with Crippen LogP contribution in [0.5, 0.6) is 0 Å². The fraction of sp³-hybridized carbons (Fsp3) is 0.550. The van der Waals surface area contributed by atoms with E-state index in [1.165, 1.54) is 4.57 Å². The highest BCUT2D eigenvalue weighted by molar-refractivity contribution is 5.91. The maximum Gasteiger partial charge on any atom is 0.419 e. The highest BCUT2D eigenvalue weighted by atomic mass is 16.5. The molecule has 1 aliphatic rings. The molecular weight excluding hydrogens is 362 g/mol. The number of oxazole rings is 1. The molecule has 152 valence electrons. The van der Waals surface area contributed by atoms with E-state index < -0.39 is 5.76 Å². The Labute approximate surface area is 163 Å². The van der Waals surface area contributed by atoms with Crippen molar-refractivity contribution in [1.29, 1.82) is 0 Å². The summed E-state index contributed by atoms with van der Waals surface area (Å²) in [4.78, 5) is 35.7. The third-order valence-corrected chi connectivity index (χ3v) is 5.26. The molecule has 8 heteroatoms. The van der Waals surface area contributed by atoms with Gasteiger partial charge in [-0.2, -0.15) is 0 Å². The predicted octanol–water partition coefficient (Wildman–Crippen LogP) is 3.11. The molecule has 0 aliphatic heterocycles. The molecule has 1 heterocycles. The van der Waals surface area contributed by atoms with Crippen molar-refractivity contribution in [2.45, 2.75) is 46.1 Å². The van der Waals surface area contributed by atoms with Gasteiger partial charge < -0.3 is 19.8 Å². The molecule has 1 aromatic heterocycles. The van der Waals surface area contributed by atoms with Gasteiger partial charge in [0.2, 0.25) is 0 Å². The lowest BCUT2D eigenvalue weighted by Gasteiger charge is -2.27. The third-order valence-electron chi connectivity index (χ3n) is 5.26. The Morgan fingerprint density at radius 1 is 1.21 bits per heavy atom. The minimum atomic E-state index is -0.405. The van der Waals surface area contributed by atoms with E-state index in [2.05, 4.69) is 10.6 Å². The van der Waals surface area contributed by atoms with Crippen molar-refractivity contribution in [3.05, 3.63) is 28.7 Å². The molecule has 1 saturated carbocycles. The molecule has 0 saturated heterocycles. The van der Waals surface area contributed by atoms with Gasteiger partial charge in [-0.25, -0.2) is 9.59 Å². The summed E-state index contributed by atoms with van der Waals surface area (Å²) >= 11 is 0. The number of nitrogens with one attached hydrogen (secondary N) is 2. The number of benzene rings is 1. The summed E-state index contributed by atoms with van der Waals surface area (Å²) in [6, 6.07) is 4.85. The van der Waals surface area contributed by atoms with Gasteiger partial charge in [0.1, 0.15) is 0 Å². The van der Waals surface area contributed by atoms with Gasteiger partial charge >= 0.3 is 17.8 Å². The number of amides is 2. The Hall–Kier alpha value is -2.77. The first-order chi connectivity index (χ1) is 13.5. The van der Waals surface area contributed by atoms with Gasteiger partial charge in [0.15, 0.2) is 5.58 Å². The lowest BCUT2D eigenvalue weighted by Crippen LogP contribution is -2.35. The zero-order valence-corrected chi connectivity index (χ0v) is 16.3. The van der Waals surface area contributed by atoms with Crippen LogP contribution < -0.4 is 16.4 Å². The molecular formula is C20H27N3O5. The Balaban J connectivity index is 1.48. The molecule has 1 aromatic carbocycles. The highest BCUT2D eigenvalue weighted by Gasteiger charge is 2.27. The van der Waals surface area contributed by atoms with Crippen LogP contribution in [0.2, 0.25) is 0 Å². The fourth-order valence-electron chi connectivity index (χ4n) is 3.72. The summed E-state index contributed by atoms with van der Waals surface area (Å²) in [5, 5.41) is 5.65. The summed E-state index contributed by atoms with van der Waals surface area (Å²) in [6.07, 6.45) is 3.39. The van der Waals surface area contributed by atoms with Gasteiger partial charge in [-0.15, -0.1) is 0 Å². The van der Waals surface area contributed by atoms with Crippen LogP contribution in [-0.4, -0.2) is 29.7 Å². The van der Waals surface area contributed by atoms with Gasteiger partial charge in [-0.3, -0.25) is 9.36 Å². The molecule has 0 spiro atoms. The molecule has 0 bridgehead atoms. The summed E-state index contributed by atoms with van der Waals surface area (Å²) in [5.41, 5.74) is 1.71. The molecule has 0 atom stereocenters. The molecule has 8 nitrogen and oxygen atoms in total. The van der Waals surface area contributed by atoms with Crippen molar-refractivity contribution in [2.24, 2.45) is 11.8 Å². The van der Waals surface area contributed by atoms with Crippen molar-refractivity contribution < 1.29 is 18.7 Å². The number of ether oxygens (including phenoxy) is 1. The molecule has 0 unspecified atom stereocenters. The second kappa shape index (κ2) is 8.95. The smallest absolute Gasteiger partial charge is 0.419 e. The Morgan fingerprint density at radius 3 is 2.64 bits per heavy atom. The predicted molar refractivity (Wildman–Crippen MR) is 105 cm³/mol. The second-order valence-electron chi connectivity index (χ2n) is 7.10. The zero-order valence-electron chi connectivity index (χ0n) is 16.3. The third kappa shape index (κ3) is 4.55. The van der Waals surface area contributed by atoms with Gasteiger partial charge in [0.05, 0.1) is 18.0 Å². The van der Waals surface area contributed by atoms with Crippen LogP contribution in [0.3, 0.4) is 0 Å². The standard InChI is InChI=1S/C20H27N3O5/c1-3-23-16-10-9-15(11-17(16)28-20(23)26)22-19(25)21-12-13-5-7-14(8-6-13)18(24)27-4-2/h9-11,13-14H,3-8,12H2,1-2H3,(H2,21,22,25). The molecule has 1 aliphatic carbocycles. The molecule has 3 rings (SSSR count). The van der Waals surface area contributed by atoms with Crippen molar-refractivity contribution >= 4 is 28.8 Å². The van der Waals surface area contributed by atoms with E-state index in [1.807, 2.05) is 13.8 Å². The Kier molecular flexibility index (Phi) is 6.38. The average molecular weight is 389 g/mol. The van der Waals surface area contributed by atoms with Crippen LogP contribution in [0.4, 0.5) is 10.5 Å². The summed E-state index contributed by atoms with van der Waals surface area (Å²) in [6.45, 7) is 5.19. The number of carbonyl (C=O) groups excluding carboxylic acids is 2. The van der Waals surface area contributed by atoms with E-state index in [1.54, 1.807) is 18.2 Å². The van der Waals surface area contributed by atoms with Crippen LogP contribution in [-0.2, 0) is 16.1 Å². The maximum atomic E-state index is 12.2. The van der Waals surface area contributed by atoms with E-state index in [0.29, 0.717) is 42.4 Å². The average Bonchev–Trinajstić information content (AvgIpc) is 3.01. The number of rotatable bonds is 6. The lowest BCUT2D eigenvalue weighted by molar-refractivity contribution is -0.149. The number of anilines is 1. The van der Waals surface area contributed by atoms with Crippen LogP contribution in [0.25, 0.3) is 11.1 Å². The zero-order chi connectivity index (χ0) is 20.1. The first-order valence-electron chi connectivity index (χ1n) is 9.86. The van der Waals surface area contributed by atoms with E-state index in [-0.39, 0.29) is 17.9 Å². The molecule has 1 fully saturated rings. The summed E-state index contributed by atoms with van der Waals surface area (Å²) < 4.78 is 11.8. The van der Waals surface area contributed by atoms with Gasteiger partial charge in [0.25, 0.3) is 0 Å². The molecule has 2 aromatic rings. The number of aryl methyl sites for hydroxylation is 1. The molecule has 2 amide bonds. The van der Waals surface area contributed by atoms with E-state index >= 15 is 0 Å². The number of esters is 1. The number of fused-ring (bicyclic) bond motifs is 1. The SMILES string of the molecule is CCOC(=O)C1CCC(CNC(=O)Nc2ccc3c(c2)oc(=O)n3CC)CC1. The first kappa shape index (κ1) is 20.0. The van der Waals surface area contributed by atoms with Crippen molar-refractivity contribution in [1.82, 2.24) is 9.88 Å². The van der Waals surface area contributed by atoms with Crippen LogP contribution in [0, 0.1) is 11.8 Å². The quantitative estimate of drug-likeness (QED) is 0.739. The number of urea groups is 1. The number of nitrogens with zero attached hydrogens (tertiary/aromatic N) is 1. The first-order valence-corrected chi connectivity index (χ1v) is 9.86. The molecule has 2 N–H and O–H groups in total. The lowest BCUT2D eigenvalue weighted by atomic mass is 9.82. The van der Waals surface area contributed by atoms with Crippen molar-refractivity contribution in [2.75, 3.05) is 18.5 Å². The number of hydrogen-bond donors (Lipinski definition) is 2. The summed E-state index contributed by atoms with van der Waals surface area (Å²) in [7, 11) is 0. The number of hydrogen-bond acceptors (Lipinski definition) is 5. The van der Waals surface area contributed by atoms with Crippen molar-refractivity contribution in [3.8, 4) is 0 Å². The van der Waals surface area contributed by atoms with Crippen LogP contribution in [0.1, 0.15) is 39.5 Å². The normalized spacial score (nSPS) is 19.4. The van der Waals surface area contributed by atoms with Gasteiger partial charge in [-0.1, -0.05) is 0 Å². The minimum absolute atomic E-state index is 0.0122. The van der Waals surface area contributed by atoms with Gasteiger partial charge in [-0.05, 0) is 57.6 Å². The Morgan fingerprint density at radius 2 is 1.96 bits per heavy atom. The van der Waals surface area contributed by atoms with E-state index in [4.69, 9.17) is 9.15 Å². The van der Waals surface area contributed by atoms with Crippen molar-refractivity contribution in [3.63, 3.8) is 0 Å². The second-order valence-corrected chi connectivity index (χ2v) is 7.10.